The van der Waals surface area contributed by atoms with E-state index in [-0.39, 0.29) is 30.8 Å². The third-order valence-corrected chi connectivity index (χ3v) is 6.04. The molecule has 1 heterocycles. The Kier molecular flexibility index (Phi) is 9.81. The summed E-state index contributed by atoms with van der Waals surface area (Å²) in [6, 6.07) is 24.0. The summed E-state index contributed by atoms with van der Waals surface area (Å²) in [7, 11) is 0. The number of aromatic nitrogens is 2. The number of ether oxygens (including phenoxy) is 1. The fourth-order valence-electron chi connectivity index (χ4n) is 4.03. The molecule has 1 aromatic heterocycles. The number of aromatic carboxylic acids is 1. The Morgan fingerprint density at radius 3 is 2.17 bits per heavy atom. The fourth-order valence-corrected chi connectivity index (χ4v) is 4.03. The number of carbonyl (C=O) groups is 4. The zero-order chi connectivity index (χ0) is 29.0. The highest BCUT2D eigenvalue weighted by Crippen LogP contribution is 2.11. The number of carboxylic acid groups (broad SMARTS) is 1. The van der Waals surface area contributed by atoms with Gasteiger partial charge in [0.05, 0.1) is 24.5 Å². The minimum absolute atomic E-state index is 0.0143. The molecular weight excluding hydrogens is 528 g/mol. The standard InChI is InChI=1S/C30H28N4O7/c35-27(33-41-30(39)40-19-23-9-5-2-6-10-23)16-25(15-21-7-3-1-4-8-21)32-28(36)26-17-31-20-34(26)18-22-11-13-24(14-12-22)29(37)38/h1-14,17,20,25H,15-16,18-19H2,(H,32,36)(H,33,35)(H,37,38)/t25-/m0/s1. The highest BCUT2D eigenvalue weighted by Gasteiger charge is 2.21. The van der Waals surface area contributed by atoms with E-state index >= 15 is 0 Å². The molecule has 4 aromatic rings. The predicted molar refractivity (Wildman–Crippen MR) is 147 cm³/mol. The zero-order valence-electron chi connectivity index (χ0n) is 21.9. The summed E-state index contributed by atoms with van der Waals surface area (Å²) >= 11 is 0. The molecule has 0 unspecified atom stereocenters. The van der Waals surface area contributed by atoms with Gasteiger partial charge in [-0.3, -0.25) is 9.59 Å². The van der Waals surface area contributed by atoms with Crippen LogP contribution in [-0.4, -0.2) is 44.6 Å². The van der Waals surface area contributed by atoms with E-state index in [2.05, 4.69) is 15.8 Å². The monoisotopic (exact) mass is 556 g/mol. The van der Waals surface area contributed by atoms with Gasteiger partial charge in [0.15, 0.2) is 0 Å². The Morgan fingerprint density at radius 2 is 1.51 bits per heavy atom. The van der Waals surface area contributed by atoms with Gasteiger partial charge in [0.2, 0.25) is 0 Å². The van der Waals surface area contributed by atoms with E-state index in [1.54, 1.807) is 41.0 Å². The van der Waals surface area contributed by atoms with Crippen LogP contribution in [0.2, 0.25) is 0 Å². The predicted octanol–water partition coefficient (Wildman–Crippen LogP) is 3.75. The third-order valence-electron chi connectivity index (χ3n) is 6.04. The lowest BCUT2D eigenvalue weighted by atomic mass is 10.0. The molecule has 41 heavy (non-hydrogen) atoms. The van der Waals surface area contributed by atoms with Crippen LogP contribution in [0.5, 0.6) is 0 Å². The molecule has 0 aliphatic heterocycles. The number of amides is 2. The van der Waals surface area contributed by atoms with Gasteiger partial charge >= 0.3 is 12.1 Å². The van der Waals surface area contributed by atoms with Gasteiger partial charge in [-0.1, -0.05) is 72.8 Å². The van der Waals surface area contributed by atoms with Gasteiger partial charge in [-0.25, -0.2) is 14.6 Å². The number of nitrogens with one attached hydrogen (secondary N) is 2. The normalized spacial score (nSPS) is 11.2. The van der Waals surface area contributed by atoms with E-state index < -0.39 is 30.0 Å². The van der Waals surface area contributed by atoms with Gasteiger partial charge in [0.25, 0.3) is 11.8 Å². The molecule has 2 amide bonds. The number of hydroxylamine groups is 1. The Labute approximate surface area is 235 Å². The lowest BCUT2D eigenvalue weighted by Gasteiger charge is -2.19. The maximum absolute atomic E-state index is 13.2. The van der Waals surface area contributed by atoms with E-state index in [0.717, 1.165) is 16.7 Å². The third kappa shape index (κ3) is 8.79. The van der Waals surface area contributed by atoms with E-state index in [1.807, 2.05) is 36.4 Å². The van der Waals surface area contributed by atoms with Gasteiger partial charge < -0.3 is 24.6 Å². The highest BCUT2D eigenvalue weighted by atomic mass is 16.8. The Morgan fingerprint density at radius 1 is 0.854 bits per heavy atom. The second-order valence-electron chi connectivity index (χ2n) is 9.12. The molecule has 11 heteroatoms. The van der Waals surface area contributed by atoms with Gasteiger partial charge in [0, 0.05) is 12.6 Å². The van der Waals surface area contributed by atoms with Crippen molar-refractivity contribution < 1.29 is 33.9 Å². The summed E-state index contributed by atoms with van der Waals surface area (Å²) in [5.41, 5.74) is 4.92. The SMILES string of the molecule is O=C(C[C@H](Cc1ccccc1)NC(=O)c1cncn1Cc1ccc(C(=O)O)cc1)NOC(=O)OCc1ccccc1. The molecule has 0 radical (unpaired) electrons. The molecule has 0 saturated carbocycles. The minimum Gasteiger partial charge on any atom is -0.478 e. The smallest absolute Gasteiger partial charge is 0.478 e. The summed E-state index contributed by atoms with van der Waals surface area (Å²) in [5, 5.41) is 12.0. The molecule has 210 valence electrons. The van der Waals surface area contributed by atoms with Crippen LogP contribution in [0.4, 0.5) is 4.79 Å². The summed E-state index contributed by atoms with van der Waals surface area (Å²) in [4.78, 5) is 57.7. The van der Waals surface area contributed by atoms with Crippen molar-refractivity contribution in [2.45, 2.75) is 32.0 Å². The fraction of sp³-hybridized carbons (Fsp3) is 0.167. The largest absolute Gasteiger partial charge is 0.533 e. The maximum Gasteiger partial charge on any atom is 0.533 e. The van der Waals surface area contributed by atoms with E-state index in [1.165, 1.54) is 24.7 Å². The van der Waals surface area contributed by atoms with Crippen LogP contribution in [0.3, 0.4) is 0 Å². The van der Waals surface area contributed by atoms with Gasteiger partial charge in [0.1, 0.15) is 12.3 Å². The number of hydrogen-bond donors (Lipinski definition) is 3. The molecule has 0 aliphatic rings. The molecule has 3 N–H and O–H groups in total. The first kappa shape index (κ1) is 28.6. The Bertz CT molecular complexity index is 1470. The minimum atomic E-state index is -1.06. The summed E-state index contributed by atoms with van der Waals surface area (Å²) in [6.45, 7) is 0.269. The van der Waals surface area contributed by atoms with Gasteiger partial charge in [-0.15, -0.1) is 0 Å². The quantitative estimate of drug-likeness (QED) is 0.187. The van der Waals surface area contributed by atoms with Crippen LogP contribution >= 0.6 is 0 Å². The molecule has 3 aromatic carbocycles. The number of carbonyl (C=O) groups excluding carboxylic acids is 3. The first-order chi connectivity index (χ1) is 19.9. The summed E-state index contributed by atoms with van der Waals surface area (Å²) in [6.07, 6.45) is 1.99. The zero-order valence-corrected chi connectivity index (χ0v) is 21.9. The molecule has 11 nitrogen and oxygen atoms in total. The van der Waals surface area contributed by atoms with Gasteiger partial charge in [-0.05, 0) is 35.2 Å². The van der Waals surface area contributed by atoms with Crippen LogP contribution in [0.25, 0.3) is 0 Å². The van der Waals surface area contributed by atoms with E-state index in [4.69, 9.17) is 14.7 Å². The molecule has 0 saturated heterocycles. The number of nitrogens with zero attached hydrogens (tertiary/aromatic N) is 2. The van der Waals surface area contributed by atoms with Crippen molar-refractivity contribution in [3.05, 3.63) is 125 Å². The average Bonchev–Trinajstić information content (AvgIpc) is 3.44. The molecule has 0 aliphatic carbocycles. The molecule has 1 atom stereocenters. The lowest BCUT2D eigenvalue weighted by molar-refractivity contribution is -0.131. The number of rotatable bonds is 11. The molecule has 0 bridgehead atoms. The second kappa shape index (κ2) is 14.1. The molecule has 4 rings (SSSR count). The van der Waals surface area contributed by atoms with Crippen LogP contribution in [-0.2, 0) is 33.9 Å². The first-order valence-electron chi connectivity index (χ1n) is 12.7. The van der Waals surface area contributed by atoms with E-state index in [0.29, 0.717) is 6.42 Å². The van der Waals surface area contributed by atoms with Crippen LogP contribution in [0, 0.1) is 0 Å². The van der Waals surface area contributed by atoms with Gasteiger partial charge in [-0.2, -0.15) is 5.48 Å². The lowest BCUT2D eigenvalue weighted by Crippen LogP contribution is -2.41. The van der Waals surface area contributed by atoms with Crippen molar-refractivity contribution >= 4 is 23.9 Å². The number of imidazole rings is 1. The Balaban J connectivity index is 1.36. The maximum atomic E-state index is 13.2. The Hall–Kier alpha value is -5.45. The molecule has 0 fully saturated rings. The van der Waals surface area contributed by atoms with Crippen LogP contribution in [0.15, 0.2) is 97.5 Å². The van der Waals surface area contributed by atoms with Crippen LogP contribution < -0.4 is 10.8 Å². The van der Waals surface area contributed by atoms with E-state index in [9.17, 15) is 19.2 Å². The van der Waals surface area contributed by atoms with Crippen molar-refractivity contribution in [1.82, 2.24) is 20.3 Å². The number of hydrogen-bond acceptors (Lipinski definition) is 7. The summed E-state index contributed by atoms with van der Waals surface area (Å²) < 4.78 is 6.61. The van der Waals surface area contributed by atoms with Crippen molar-refractivity contribution in [2.75, 3.05) is 0 Å². The average molecular weight is 557 g/mol. The van der Waals surface area contributed by atoms with Crippen LogP contribution in [0.1, 0.15) is 44.0 Å². The summed E-state index contributed by atoms with van der Waals surface area (Å²) in [5.74, 6) is -2.11. The van der Waals surface area contributed by atoms with Crippen molar-refractivity contribution in [1.29, 1.82) is 0 Å². The molecular formula is C30H28N4O7. The number of benzene rings is 3. The van der Waals surface area contributed by atoms with Crippen molar-refractivity contribution in [2.24, 2.45) is 0 Å². The molecule has 0 spiro atoms. The first-order valence-corrected chi connectivity index (χ1v) is 12.7. The highest BCUT2D eigenvalue weighted by molar-refractivity contribution is 5.93. The van der Waals surface area contributed by atoms with Crippen molar-refractivity contribution in [3.8, 4) is 0 Å². The second-order valence-corrected chi connectivity index (χ2v) is 9.12. The van der Waals surface area contributed by atoms with Crippen molar-refractivity contribution in [3.63, 3.8) is 0 Å². The number of carboxylic acids is 1. The topological polar surface area (TPSA) is 149 Å².